The third-order valence-corrected chi connectivity index (χ3v) is 4.95. The Morgan fingerprint density at radius 1 is 1.10 bits per heavy atom. The molecule has 1 saturated carbocycles. The number of anilines is 2. The Morgan fingerprint density at radius 3 is 2.37 bits per heavy atom. The summed E-state index contributed by atoms with van der Waals surface area (Å²) < 4.78 is 5.64. The van der Waals surface area contributed by atoms with E-state index in [-0.39, 0.29) is 11.9 Å². The first-order valence-corrected chi connectivity index (χ1v) is 10.4. The van der Waals surface area contributed by atoms with E-state index >= 15 is 0 Å². The number of carbonyl (C=O) groups is 2. The Bertz CT molecular complexity index is 854. The molecule has 1 aliphatic rings. The molecule has 1 atom stereocenters. The first-order chi connectivity index (χ1) is 14.4. The molecule has 8 heteroatoms. The van der Waals surface area contributed by atoms with Crippen molar-refractivity contribution in [3.8, 4) is 5.75 Å². The highest BCUT2D eigenvalue weighted by molar-refractivity contribution is 6.30. The lowest BCUT2D eigenvalue weighted by atomic mass is 10.2. The van der Waals surface area contributed by atoms with Crippen LogP contribution in [0.4, 0.5) is 16.2 Å². The predicted molar refractivity (Wildman–Crippen MR) is 119 cm³/mol. The van der Waals surface area contributed by atoms with E-state index in [9.17, 15) is 9.59 Å². The van der Waals surface area contributed by atoms with Crippen molar-refractivity contribution in [2.75, 3.05) is 30.8 Å². The third kappa shape index (κ3) is 6.84. The van der Waals surface area contributed by atoms with Crippen LogP contribution in [0.2, 0.25) is 5.02 Å². The molecule has 0 radical (unpaired) electrons. The molecule has 0 saturated heterocycles. The largest absolute Gasteiger partial charge is 0.492 e. The fraction of sp³-hybridized carbons (Fsp3) is 0.364. The molecule has 30 heavy (non-hydrogen) atoms. The number of ether oxygens (including phenoxy) is 1. The van der Waals surface area contributed by atoms with E-state index < -0.39 is 6.04 Å². The lowest BCUT2D eigenvalue weighted by molar-refractivity contribution is -0.130. The average Bonchev–Trinajstić information content (AvgIpc) is 3.54. The van der Waals surface area contributed by atoms with Crippen LogP contribution in [0, 0.1) is 0 Å². The molecule has 2 aromatic carbocycles. The number of halogens is 1. The molecule has 1 aliphatic carbocycles. The minimum atomic E-state index is -0.400. The van der Waals surface area contributed by atoms with Gasteiger partial charge in [0, 0.05) is 29.5 Å². The minimum absolute atomic E-state index is 0.0410. The number of amides is 3. The van der Waals surface area contributed by atoms with E-state index in [1.54, 1.807) is 48.3 Å². The smallest absolute Gasteiger partial charge is 0.319 e. The van der Waals surface area contributed by atoms with Gasteiger partial charge in [0.1, 0.15) is 18.4 Å². The molecule has 0 aromatic heterocycles. The highest BCUT2D eigenvalue weighted by Crippen LogP contribution is 2.19. The number of carbonyl (C=O) groups excluding carboxylic acids is 2. The Balaban J connectivity index is 1.41. The third-order valence-electron chi connectivity index (χ3n) is 4.69. The molecular weight excluding hydrogens is 404 g/mol. The van der Waals surface area contributed by atoms with Gasteiger partial charge in [-0.15, -0.1) is 0 Å². The van der Waals surface area contributed by atoms with Crippen LogP contribution in [0.1, 0.15) is 19.8 Å². The number of hydrogen-bond acceptors (Lipinski definition) is 4. The van der Waals surface area contributed by atoms with Gasteiger partial charge in [0.15, 0.2) is 0 Å². The van der Waals surface area contributed by atoms with Crippen LogP contribution in [0.15, 0.2) is 48.5 Å². The van der Waals surface area contributed by atoms with Crippen molar-refractivity contribution >= 4 is 34.9 Å². The summed E-state index contributed by atoms with van der Waals surface area (Å²) in [5.74, 6) is 0.673. The number of hydrogen-bond donors (Lipinski definition) is 3. The van der Waals surface area contributed by atoms with Crippen molar-refractivity contribution in [2.45, 2.75) is 31.8 Å². The highest BCUT2D eigenvalue weighted by Gasteiger charge is 2.23. The monoisotopic (exact) mass is 430 g/mol. The Labute approximate surface area is 181 Å². The van der Waals surface area contributed by atoms with Crippen LogP contribution in [0.25, 0.3) is 0 Å². The Hall–Kier alpha value is -2.93. The maximum Gasteiger partial charge on any atom is 0.319 e. The van der Waals surface area contributed by atoms with E-state index in [0.717, 1.165) is 18.5 Å². The van der Waals surface area contributed by atoms with Gasteiger partial charge in [0.05, 0.1) is 6.54 Å². The molecule has 0 heterocycles. The van der Waals surface area contributed by atoms with E-state index in [0.29, 0.717) is 35.7 Å². The molecule has 2 aromatic rings. The number of nitrogens with zero attached hydrogens (tertiary/aromatic N) is 1. The molecule has 0 spiro atoms. The first kappa shape index (κ1) is 21.8. The maximum atomic E-state index is 12.6. The molecule has 3 amide bonds. The second-order valence-corrected chi connectivity index (χ2v) is 7.81. The van der Waals surface area contributed by atoms with Gasteiger partial charge in [-0.05, 0) is 68.3 Å². The molecule has 0 unspecified atom stereocenters. The van der Waals surface area contributed by atoms with E-state index in [4.69, 9.17) is 16.3 Å². The summed E-state index contributed by atoms with van der Waals surface area (Å²) in [6, 6.07) is 14.1. The fourth-order valence-electron chi connectivity index (χ4n) is 2.81. The standard InChI is InChI=1S/C22H27ClN4O3/c1-15(21(28)27(2)13-14-30-20-11-3-16(23)4-12-20)24-17-5-7-18(8-6-17)25-22(29)26-19-9-10-19/h3-8,11-12,15,19,24H,9-10,13-14H2,1-2H3,(H2,25,26,29)/t15-/m0/s1. The lowest BCUT2D eigenvalue weighted by Crippen LogP contribution is -2.40. The fourth-order valence-corrected chi connectivity index (χ4v) is 2.94. The van der Waals surface area contributed by atoms with Gasteiger partial charge < -0.3 is 25.6 Å². The molecular formula is C22H27ClN4O3. The SMILES string of the molecule is C[C@H](Nc1ccc(NC(=O)NC2CC2)cc1)C(=O)N(C)CCOc1ccc(Cl)cc1. The number of nitrogens with one attached hydrogen (secondary N) is 3. The van der Waals surface area contributed by atoms with Gasteiger partial charge in [0.2, 0.25) is 5.91 Å². The zero-order chi connectivity index (χ0) is 21.5. The number of likely N-dealkylation sites (N-methyl/N-ethyl adjacent to an activating group) is 1. The quantitative estimate of drug-likeness (QED) is 0.562. The molecule has 160 valence electrons. The van der Waals surface area contributed by atoms with Gasteiger partial charge in [-0.3, -0.25) is 4.79 Å². The molecule has 3 rings (SSSR count). The summed E-state index contributed by atoms with van der Waals surface area (Å²) in [5.41, 5.74) is 1.50. The average molecular weight is 431 g/mol. The minimum Gasteiger partial charge on any atom is -0.492 e. The number of urea groups is 1. The first-order valence-electron chi connectivity index (χ1n) is 9.98. The molecule has 7 nitrogen and oxygen atoms in total. The van der Waals surface area contributed by atoms with Crippen molar-refractivity contribution in [1.82, 2.24) is 10.2 Å². The van der Waals surface area contributed by atoms with E-state index in [1.807, 2.05) is 19.1 Å². The van der Waals surface area contributed by atoms with Crippen LogP contribution in [-0.2, 0) is 4.79 Å². The Kier molecular flexibility index (Phi) is 7.41. The topological polar surface area (TPSA) is 82.7 Å². The van der Waals surface area contributed by atoms with E-state index in [2.05, 4.69) is 16.0 Å². The van der Waals surface area contributed by atoms with Gasteiger partial charge >= 0.3 is 6.03 Å². The van der Waals surface area contributed by atoms with Crippen LogP contribution >= 0.6 is 11.6 Å². The summed E-state index contributed by atoms with van der Waals surface area (Å²) in [7, 11) is 1.75. The van der Waals surface area contributed by atoms with Gasteiger partial charge in [-0.1, -0.05) is 11.6 Å². The van der Waals surface area contributed by atoms with Crippen molar-refractivity contribution in [2.24, 2.45) is 0 Å². The van der Waals surface area contributed by atoms with Gasteiger partial charge in [0.25, 0.3) is 0 Å². The van der Waals surface area contributed by atoms with Crippen molar-refractivity contribution in [3.63, 3.8) is 0 Å². The summed E-state index contributed by atoms with van der Waals surface area (Å²) in [6.45, 7) is 2.67. The zero-order valence-corrected chi connectivity index (χ0v) is 17.9. The van der Waals surface area contributed by atoms with Crippen molar-refractivity contribution in [1.29, 1.82) is 0 Å². The van der Waals surface area contributed by atoms with Crippen molar-refractivity contribution in [3.05, 3.63) is 53.6 Å². The summed E-state index contributed by atoms with van der Waals surface area (Å²) >= 11 is 5.85. The molecule has 0 bridgehead atoms. The second-order valence-electron chi connectivity index (χ2n) is 7.38. The summed E-state index contributed by atoms with van der Waals surface area (Å²) in [5, 5.41) is 9.51. The number of rotatable bonds is 9. The van der Waals surface area contributed by atoms with Crippen LogP contribution in [0.5, 0.6) is 5.75 Å². The van der Waals surface area contributed by atoms with Gasteiger partial charge in [-0.2, -0.15) is 0 Å². The van der Waals surface area contributed by atoms with Crippen LogP contribution < -0.4 is 20.7 Å². The lowest BCUT2D eigenvalue weighted by Gasteiger charge is -2.23. The second kappa shape index (κ2) is 10.2. The maximum absolute atomic E-state index is 12.6. The molecule has 3 N–H and O–H groups in total. The number of benzene rings is 2. The highest BCUT2D eigenvalue weighted by atomic mass is 35.5. The zero-order valence-electron chi connectivity index (χ0n) is 17.2. The van der Waals surface area contributed by atoms with E-state index in [1.165, 1.54) is 0 Å². The van der Waals surface area contributed by atoms with Crippen LogP contribution in [0.3, 0.4) is 0 Å². The van der Waals surface area contributed by atoms with Gasteiger partial charge in [-0.25, -0.2) is 4.79 Å². The molecule has 1 fully saturated rings. The summed E-state index contributed by atoms with van der Waals surface area (Å²) in [6.07, 6.45) is 2.09. The molecule has 0 aliphatic heterocycles. The summed E-state index contributed by atoms with van der Waals surface area (Å²) in [4.78, 5) is 26.0. The van der Waals surface area contributed by atoms with Crippen molar-refractivity contribution < 1.29 is 14.3 Å². The van der Waals surface area contributed by atoms with Crippen LogP contribution in [-0.4, -0.2) is 49.1 Å². The predicted octanol–water partition coefficient (Wildman–Crippen LogP) is 3.96. The normalized spacial score (nSPS) is 13.8. The Morgan fingerprint density at radius 2 is 1.73 bits per heavy atom.